The molecule has 1 aromatic rings. The van der Waals surface area contributed by atoms with Crippen molar-refractivity contribution in [2.24, 2.45) is 16.6 Å². The van der Waals surface area contributed by atoms with E-state index < -0.39 is 5.54 Å². The molecule has 112 valence electrons. The summed E-state index contributed by atoms with van der Waals surface area (Å²) in [6.45, 7) is 0. The molecule has 4 heteroatoms. The van der Waals surface area contributed by atoms with E-state index in [4.69, 9.17) is 5.73 Å². The Bertz CT molecular complexity index is 548. The first kappa shape index (κ1) is 14.1. The van der Waals surface area contributed by atoms with Crippen molar-refractivity contribution >= 4 is 11.9 Å². The summed E-state index contributed by atoms with van der Waals surface area (Å²) in [5.41, 5.74) is 6.10. The minimum Gasteiger partial charge on any atom is -0.369 e. The molecule has 1 unspecified atom stereocenters. The van der Waals surface area contributed by atoms with Crippen LogP contribution in [0.2, 0.25) is 0 Å². The predicted molar refractivity (Wildman–Crippen MR) is 83.7 cm³/mol. The smallest absolute Gasteiger partial charge is 0.261 e. The van der Waals surface area contributed by atoms with Crippen molar-refractivity contribution in [2.75, 3.05) is 7.05 Å². The molecular weight excluding hydrogens is 262 g/mol. The fourth-order valence-electron chi connectivity index (χ4n) is 3.66. The highest BCUT2D eigenvalue weighted by atomic mass is 16.2. The Labute approximate surface area is 126 Å². The molecule has 0 radical (unpaired) electrons. The first-order valence-corrected chi connectivity index (χ1v) is 7.82. The number of carbonyl (C=O) groups is 1. The van der Waals surface area contributed by atoms with Crippen LogP contribution in [-0.2, 0) is 10.3 Å². The van der Waals surface area contributed by atoms with Crippen LogP contribution in [0.25, 0.3) is 0 Å². The second-order valence-electron chi connectivity index (χ2n) is 6.27. The summed E-state index contributed by atoms with van der Waals surface area (Å²) in [4.78, 5) is 19.0. The molecule has 0 aromatic heterocycles. The van der Waals surface area contributed by atoms with Gasteiger partial charge in [0.05, 0.1) is 0 Å². The van der Waals surface area contributed by atoms with E-state index in [-0.39, 0.29) is 5.91 Å². The fraction of sp³-hybridized carbons (Fsp3) is 0.529. The van der Waals surface area contributed by atoms with Gasteiger partial charge < -0.3 is 5.73 Å². The highest BCUT2D eigenvalue weighted by Crippen LogP contribution is 2.41. The van der Waals surface area contributed by atoms with Crippen molar-refractivity contribution in [1.82, 2.24) is 4.90 Å². The second-order valence-corrected chi connectivity index (χ2v) is 6.27. The highest BCUT2D eigenvalue weighted by Gasteiger charge is 2.48. The van der Waals surface area contributed by atoms with E-state index in [0.717, 1.165) is 12.0 Å². The summed E-state index contributed by atoms with van der Waals surface area (Å²) in [5, 5.41) is 0. The van der Waals surface area contributed by atoms with Crippen molar-refractivity contribution in [2.45, 2.75) is 44.1 Å². The zero-order valence-corrected chi connectivity index (χ0v) is 12.6. The monoisotopic (exact) mass is 285 g/mol. The van der Waals surface area contributed by atoms with Gasteiger partial charge in [-0.15, -0.1) is 0 Å². The normalized spacial score (nSPS) is 27.0. The molecule has 1 heterocycles. The number of amides is 1. The van der Waals surface area contributed by atoms with Crippen molar-refractivity contribution < 1.29 is 4.79 Å². The quantitative estimate of drug-likeness (QED) is 0.928. The van der Waals surface area contributed by atoms with Crippen LogP contribution in [-0.4, -0.2) is 23.8 Å². The van der Waals surface area contributed by atoms with E-state index >= 15 is 0 Å². The molecule has 2 N–H and O–H groups in total. The molecule has 1 aromatic carbocycles. The van der Waals surface area contributed by atoms with E-state index in [0.29, 0.717) is 11.9 Å². The van der Waals surface area contributed by atoms with Crippen LogP contribution in [0.5, 0.6) is 0 Å². The van der Waals surface area contributed by atoms with Gasteiger partial charge in [0.2, 0.25) is 0 Å². The van der Waals surface area contributed by atoms with Gasteiger partial charge in [-0.2, -0.15) is 0 Å². The average molecular weight is 285 g/mol. The fourth-order valence-corrected chi connectivity index (χ4v) is 3.66. The predicted octanol–water partition coefficient (Wildman–Crippen LogP) is 2.64. The zero-order valence-electron chi connectivity index (χ0n) is 12.6. The molecule has 1 atom stereocenters. The van der Waals surface area contributed by atoms with Crippen molar-refractivity contribution in [3.63, 3.8) is 0 Å². The van der Waals surface area contributed by atoms with Gasteiger partial charge in [0.15, 0.2) is 11.5 Å². The van der Waals surface area contributed by atoms with Gasteiger partial charge in [0.25, 0.3) is 5.91 Å². The minimum atomic E-state index is -0.803. The van der Waals surface area contributed by atoms with Gasteiger partial charge >= 0.3 is 0 Å². The molecule has 1 saturated carbocycles. The number of carbonyl (C=O) groups excluding carboxylic acids is 1. The number of benzene rings is 1. The van der Waals surface area contributed by atoms with Gasteiger partial charge in [-0.05, 0) is 17.9 Å². The molecule has 1 aliphatic heterocycles. The molecule has 0 spiro atoms. The lowest BCUT2D eigenvalue weighted by Gasteiger charge is -2.31. The SMILES string of the molecule is CN1C(=O)C(CC2CCCCC2)(c2ccccc2)N=C1N. The second kappa shape index (κ2) is 5.51. The Kier molecular flexibility index (Phi) is 3.70. The number of likely N-dealkylation sites (N-methyl/N-ethyl adjacent to an activating group) is 1. The maximum absolute atomic E-state index is 12.8. The Hall–Kier alpha value is -1.84. The van der Waals surface area contributed by atoms with E-state index in [1.54, 1.807) is 7.05 Å². The van der Waals surface area contributed by atoms with Gasteiger partial charge in [-0.25, -0.2) is 4.99 Å². The maximum Gasteiger partial charge on any atom is 0.261 e. The molecule has 4 nitrogen and oxygen atoms in total. The number of nitrogens with zero attached hydrogens (tertiary/aromatic N) is 2. The Morgan fingerprint density at radius 1 is 1.24 bits per heavy atom. The van der Waals surface area contributed by atoms with Crippen molar-refractivity contribution in [3.05, 3.63) is 35.9 Å². The summed E-state index contributed by atoms with van der Waals surface area (Å²) in [6, 6.07) is 9.89. The van der Waals surface area contributed by atoms with Gasteiger partial charge in [0, 0.05) is 7.05 Å². The molecule has 1 aliphatic carbocycles. The van der Waals surface area contributed by atoms with Crippen LogP contribution in [0.15, 0.2) is 35.3 Å². The highest BCUT2D eigenvalue weighted by molar-refractivity contribution is 6.06. The third-order valence-corrected chi connectivity index (χ3v) is 4.87. The summed E-state index contributed by atoms with van der Waals surface area (Å²) >= 11 is 0. The van der Waals surface area contributed by atoms with E-state index in [2.05, 4.69) is 4.99 Å². The zero-order chi connectivity index (χ0) is 14.9. The van der Waals surface area contributed by atoms with Crippen molar-refractivity contribution in [1.29, 1.82) is 0 Å². The molecular formula is C17H23N3O. The molecule has 1 fully saturated rings. The van der Waals surface area contributed by atoms with Crippen LogP contribution in [0.1, 0.15) is 44.1 Å². The lowest BCUT2D eigenvalue weighted by molar-refractivity contribution is -0.131. The molecule has 1 amide bonds. The first-order chi connectivity index (χ1) is 10.1. The summed E-state index contributed by atoms with van der Waals surface area (Å²) in [6.07, 6.45) is 7.01. The Morgan fingerprint density at radius 2 is 1.90 bits per heavy atom. The number of aliphatic imine (C=N–C) groups is 1. The summed E-state index contributed by atoms with van der Waals surface area (Å²) in [5.74, 6) is 0.905. The third kappa shape index (κ3) is 2.43. The Balaban J connectivity index is 1.97. The van der Waals surface area contributed by atoms with Crippen LogP contribution in [0.4, 0.5) is 0 Å². The maximum atomic E-state index is 12.8. The van der Waals surface area contributed by atoms with Crippen LogP contribution in [0, 0.1) is 5.92 Å². The third-order valence-electron chi connectivity index (χ3n) is 4.87. The van der Waals surface area contributed by atoms with Crippen molar-refractivity contribution in [3.8, 4) is 0 Å². The van der Waals surface area contributed by atoms with Crippen LogP contribution >= 0.6 is 0 Å². The molecule has 3 rings (SSSR count). The standard InChI is InChI=1S/C17H23N3O/c1-20-15(21)17(19-16(20)18,14-10-6-3-7-11-14)12-13-8-4-2-5-9-13/h3,6-7,10-11,13H,2,4-5,8-9,12H2,1H3,(H2,18,19). The minimum absolute atomic E-state index is 0.0109. The van der Waals surface area contributed by atoms with Gasteiger partial charge in [-0.3, -0.25) is 9.69 Å². The van der Waals surface area contributed by atoms with E-state index in [1.807, 2.05) is 30.3 Å². The van der Waals surface area contributed by atoms with Crippen LogP contribution in [0.3, 0.4) is 0 Å². The Morgan fingerprint density at radius 3 is 2.48 bits per heavy atom. The van der Waals surface area contributed by atoms with E-state index in [1.165, 1.54) is 37.0 Å². The lowest BCUT2D eigenvalue weighted by Crippen LogP contribution is -2.41. The molecule has 0 saturated heterocycles. The number of hydrogen-bond acceptors (Lipinski definition) is 3. The summed E-state index contributed by atoms with van der Waals surface area (Å²) in [7, 11) is 1.72. The van der Waals surface area contributed by atoms with Gasteiger partial charge in [0.1, 0.15) is 0 Å². The van der Waals surface area contributed by atoms with Gasteiger partial charge in [-0.1, -0.05) is 62.4 Å². The number of rotatable bonds is 3. The number of nitrogens with two attached hydrogens (primary N) is 1. The van der Waals surface area contributed by atoms with Crippen LogP contribution < -0.4 is 5.73 Å². The largest absolute Gasteiger partial charge is 0.369 e. The lowest BCUT2D eigenvalue weighted by atomic mass is 9.76. The first-order valence-electron chi connectivity index (χ1n) is 7.82. The average Bonchev–Trinajstić information content (AvgIpc) is 2.74. The topological polar surface area (TPSA) is 58.7 Å². The molecule has 0 bridgehead atoms. The number of hydrogen-bond donors (Lipinski definition) is 1. The number of guanidine groups is 1. The van der Waals surface area contributed by atoms with E-state index in [9.17, 15) is 4.79 Å². The molecule has 2 aliphatic rings. The molecule has 21 heavy (non-hydrogen) atoms. The summed E-state index contributed by atoms with van der Waals surface area (Å²) < 4.78 is 0.